The van der Waals surface area contributed by atoms with Crippen molar-refractivity contribution >= 4 is 24.8 Å². The van der Waals surface area contributed by atoms with Crippen LogP contribution in [0.15, 0.2) is 6.33 Å². The summed E-state index contributed by atoms with van der Waals surface area (Å²) < 4.78 is 2.16. The third-order valence-electron chi connectivity index (χ3n) is 3.21. The van der Waals surface area contributed by atoms with Gasteiger partial charge in [0, 0.05) is 12.2 Å². The molecule has 4 nitrogen and oxygen atoms in total. The highest BCUT2D eigenvalue weighted by atomic mass is 35.5. The van der Waals surface area contributed by atoms with E-state index in [9.17, 15) is 0 Å². The van der Waals surface area contributed by atoms with Crippen LogP contribution in [0, 0.1) is 12.8 Å². The van der Waals surface area contributed by atoms with Crippen molar-refractivity contribution in [2.24, 2.45) is 5.92 Å². The van der Waals surface area contributed by atoms with Crippen LogP contribution in [-0.2, 0) is 13.2 Å². The summed E-state index contributed by atoms with van der Waals surface area (Å²) >= 11 is 0. The molecule has 17 heavy (non-hydrogen) atoms. The molecule has 1 fully saturated rings. The van der Waals surface area contributed by atoms with Crippen molar-refractivity contribution in [1.82, 2.24) is 14.9 Å². The lowest BCUT2D eigenvalue weighted by molar-refractivity contribution is 0.276. The van der Waals surface area contributed by atoms with E-state index in [0.29, 0.717) is 5.92 Å². The van der Waals surface area contributed by atoms with Gasteiger partial charge in [-0.15, -0.1) is 24.8 Å². The number of nitrogens with one attached hydrogen (secondary N) is 1. The number of nitrogens with zero attached hydrogens (tertiary/aromatic N) is 2. The van der Waals surface area contributed by atoms with Crippen molar-refractivity contribution in [2.75, 3.05) is 13.1 Å². The van der Waals surface area contributed by atoms with Gasteiger partial charge in [-0.2, -0.15) is 0 Å². The minimum absolute atomic E-state index is 0. The number of imidazole rings is 1. The van der Waals surface area contributed by atoms with Crippen molar-refractivity contribution in [3.8, 4) is 0 Å². The Labute approximate surface area is 115 Å². The molecule has 0 radical (unpaired) electrons. The molecule has 1 aromatic rings. The molecule has 1 aromatic heterocycles. The molecule has 1 saturated heterocycles. The highest BCUT2D eigenvalue weighted by Crippen LogP contribution is 2.15. The van der Waals surface area contributed by atoms with E-state index >= 15 is 0 Å². The molecule has 1 aliphatic heterocycles. The van der Waals surface area contributed by atoms with Crippen LogP contribution in [0.3, 0.4) is 0 Å². The Kier molecular flexibility index (Phi) is 7.79. The summed E-state index contributed by atoms with van der Waals surface area (Å²) in [5.74, 6) is 0.707. The van der Waals surface area contributed by atoms with Crippen LogP contribution >= 0.6 is 24.8 Å². The second-order valence-electron chi connectivity index (χ2n) is 4.30. The maximum absolute atomic E-state index is 9.05. The van der Waals surface area contributed by atoms with E-state index in [-0.39, 0.29) is 31.4 Å². The smallest absolute Gasteiger partial charge is 0.0952 e. The van der Waals surface area contributed by atoms with Crippen molar-refractivity contribution in [1.29, 1.82) is 0 Å². The molecule has 0 unspecified atom stereocenters. The van der Waals surface area contributed by atoms with Gasteiger partial charge in [-0.25, -0.2) is 4.98 Å². The molecule has 0 saturated carbocycles. The van der Waals surface area contributed by atoms with Crippen molar-refractivity contribution < 1.29 is 5.11 Å². The first-order valence-electron chi connectivity index (χ1n) is 5.63. The molecule has 6 heteroatoms. The summed E-state index contributed by atoms with van der Waals surface area (Å²) in [4.78, 5) is 4.19. The Morgan fingerprint density at radius 3 is 2.82 bits per heavy atom. The van der Waals surface area contributed by atoms with Crippen LogP contribution in [-0.4, -0.2) is 27.7 Å². The molecule has 0 aliphatic carbocycles. The number of rotatable bonds is 3. The van der Waals surface area contributed by atoms with E-state index in [1.165, 1.54) is 12.8 Å². The molecule has 1 atom stereocenters. The Balaban J connectivity index is 0.00000128. The molecule has 0 amide bonds. The number of hydrogen-bond donors (Lipinski definition) is 2. The van der Waals surface area contributed by atoms with Crippen LogP contribution in [0.2, 0.25) is 0 Å². The number of piperidine rings is 1. The van der Waals surface area contributed by atoms with E-state index in [4.69, 9.17) is 5.11 Å². The SMILES string of the molecule is Cc1c(CO)ncn1C[C@@H]1CCCNC1.Cl.Cl. The lowest BCUT2D eigenvalue weighted by Gasteiger charge is -2.23. The summed E-state index contributed by atoms with van der Waals surface area (Å²) in [6, 6.07) is 0. The van der Waals surface area contributed by atoms with E-state index in [2.05, 4.69) is 14.9 Å². The largest absolute Gasteiger partial charge is 0.390 e. The fraction of sp³-hybridized carbons (Fsp3) is 0.727. The van der Waals surface area contributed by atoms with E-state index in [1.807, 2.05) is 13.3 Å². The average molecular weight is 282 g/mol. The highest BCUT2D eigenvalue weighted by Gasteiger charge is 2.15. The Bertz CT molecular complexity index is 325. The van der Waals surface area contributed by atoms with E-state index in [1.54, 1.807) is 0 Å². The van der Waals surface area contributed by atoms with Crippen LogP contribution in [0.1, 0.15) is 24.2 Å². The molecule has 1 aliphatic rings. The number of aliphatic hydroxyl groups is 1. The molecule has 0 spiro atoms. The topological polar surface area (TPSA) is 50.1 Å². The van der Waals surface area contributed by atoms with Crippen LogP contribution in [0.5, 0.6) is 0 Å². The Hall–Kier alpha value is -0.290. The van der Waals surface area contributed by atoms with Crippen LogP contribution < -0.4 is 5.32 Å². The third kappa shape index (κ3) is 4.14. The van der Waals surface area contributed by atoms with Gasteiger partial charge in [0.05, 0.1) is 18.6 Å². The van der Waals surface area contributed by atoms with Crippen LogP contribution in [0.25, 0.3) is 0 Å². The summed E-state index contributed by atoms with van der Waals surface area (Å²) in [6.45, 7) is 5.34. The first kappa shape index (κ1) is 16.7. The lowest BCUT2D eigenvalue weighted by Crippen LogP contribution is -2.32. The minimum Gasteiger partial charge on any atom is -0.390 e. The Morgan fingerprint density at radius 2 is 2.29 bits per heavy atom. The fourth-order valence-electron chi connectivity index (χ4n) is 2.18. The minimum atomic E-state index is 0. The molecular formula is C11H21Cl2N3O. The van der Waals surface area contributed by atoms with Crippen molar-refractivity contribution in [3.63, 3.8) is 0 Å². The normalized spacial score (nSPS) is 19.3. The average Bonchev–Trinajstić information content (AvgIpc) is 2.62. The lowest BCUT2D eigenvalue weighted by atomic mass is 10.00. The first-order valence-corrected chi connectivity index (χ1v) is 5.63. The molecule has 2 heterocycles. The molecule has 0 bridgehead atoms. The van der Waals surface area contributed by atoms with Gasteiger partial charge in [-0.1, -0.05) is 0 Å². The van der Waals surface area contributed by atoms with Gasteiger partial charge in [0.25, 0.3) is 0 Å². The van der Waals surface area contributed by atoms with Gasteiger partial charge in [0.2, 0.25) is 0 Å². The molecule has 0 aromatic carbocycles. The number of hydrogen-bond acceptors (Lipinski definition) is 3. The van der Waals surface area contributed by atoms with Crippen LogP contribution in [0.4, 0.5) is 0 Å². The van der Waals surface area contributed by atoms with Gasteiger partial charge in [-0.3, -0.25) is 0 Å². The zero-order valence-electron chi connectivity index (χ0n) is 10.1. The van der Waals surface area contributed by atoms with Crippen molar-refractivity contribution in [3.05, 3.63) is 17.7 Å². The zero-order valence-corrected chi connectivity index (χ0v) is 11.7. The second-order valence-corrected chi connectivity index (χ2v) is 4.30. The highest BCUT2D eigenvalue weighted by molar-refractivity contribution is 5.85. The molecule has 2 N–H and O–H groups in total. The standard InChI is InChI=1S/C11H19N3O.2ClH/c1-9-11(7-15)13-8-14(9)6-10-3-2-4-12-5-10;;/h8,10,12,15H,2-7H2,1H3;2*1H/t10-;;/m1../s1. The van der Waals surface area contributed by atoms with Gasteiger partial charge >= 0.3 is 0 Å². The van der Waals surface area contributed by atoms with E-state index in [0.717, 1.165) is 31.0 Å². The summed E-state index contributed by atoms with van der Waals surface area (Å²) in [5.41, 5.74) is 1.90. The number of halogens is 2. The molecular weight excluding hydrogens is 261 g/mol. The quantitative estimate of drug-likeness (QED) is 0.884. The maximum Gasteiger partial charge on any atom is 0.0952 e. The van der Waals surface area contributed by atoms with Gasteiger partial charge < -0.3 is 15.0 Å². The summed E-state index contributed by atoms with van der Waals surface area (Å²) in [6.07, 6.45) is 4.40. The monoisotopic (exact) mass is 281 g/mol. The summed E-state index contributed by atoms with van der Waals surface area (Å²) in [7, 11) is 0. The van der Waals surface area contributed by atoms with Gasteiger partial charge in [-0.05, 0) is 38.8 Å². The zero-order chi connectivity index (χ0) is 10.7. The fourth-order valence-corrected chi connectivity index (χ4v) is 2.18. The third-order valence-corrected chi connectivity index (χ3v) is 3.21. The predicted octanol–water partition coefficient (Wildman–Crippen LogP) is 1.53. The predicted molar refractivity (Wildman–Crippen MR) is 73.0 cm³/mol. The van der Waals surface area contributed by atoms with Crippen molar-refractivity contribution in [2.45, 2.75) is 32.9 Å². The first-order chi connectivity index (χ1) is 7.31. The van der Waals surface area contributed by atoms with Gasteiger partial charge in [0.1, 0.15) is 0 Å². The van der Waals surface area contributed by atoms with Gasteiger partial charge in [0.15, 0.2) is 0 Å². The summed E-state index contributed by atoms with van der Waals surface area (Å²) in [5, 5.41) is 12.5. The molecule has 100 valence electrons. The number of aliphatic hydroxyl groups excluding tert-OH is 1. The Morgan fingerprint density at radius 1 is 1.53 bits per heavy atom. The second kappa shape index (κ2) is 7.93. The number of aromatic nitrogens is 2. The van der Waals surface area contributed by atoms with E-state index < -0.39 is 0 Å². The molecule has 2 rings (SSSR count). The maximum atomic E-state index is 9.05.